The fourth-order valence-electron chi connectivity index (χ4n) is 1.99. The van der Waals surface area contributed by atoms with E-state index in [2.05, 4.69) is 21.0 Å². The Balaban J connectivity index is 2.08. The zero-order chi connectivity index (χ0) is 14.1. The number of rotatable bonds is 2. The smallest absolute Gasteiger partial charge is 0.132 e. The highest BCUT2D eigenvalue weighted by molar-refractivity contribution is 9.10. The van der Waals surface area contributed by atoms with E-state index in [4.69, 9.17) is 5.73 Å². The molecule has 0 spiro atoms. The lowest BCUT2D eigenvalue weighted by atomic mass is 10.1. The number of nitrogen functional groups attached to an aromatic ring is 1. The SMILES string of the molecule is Nc1cc(-c2ccccc2F)nn1-c1ccc(Br)cc1. The van der Waals surface area contributed by atoms with Gasteiger partial charge in [-0.05, 0) is 36.4 Å². The maximum Gasteiger partial charge on any atom is 0.132 e. The first-order chi connectivity index (χ1) is 9.65. The molecule has 0 aliphatic rings. The first kappa shape index (κ1) is 12.9. The third-order valence-corrected chi connectivity index (χ3v) is 3.49. The molecule has 1 heterocycles. The van der Waals surface area contributed by atoms with Gasteiger partial charge in [0.25, 0.3) is 0 Å². The van der Waals surface area contributed by atoms with Gasteiger partial charge in [0, 0.05) is 16.1 Å². The fraction of sp³-hybridized carbons (Fsp3) is 0. The Morgan fingerprint density at radius 3 is 2.45 bits per heavy atom. The lowest BCUT2D eigenvalue weighted by Crippen LogP contribution is -2.01. The van der Waals surface area contributed by atoms with Gasteiger partial charge in [-0.3, -0.25) is 0 Å². The summed E-state index contributed by atoms with van der Waals surface area (Å²) in [5, 5.41) is 4.38. The van der Waals surface area contributed by atoms with Crippen LogP contribution in [0.15, 0.2) is 59.1 Å². The van der Waals surface area contributed by atoms with Gasteiger partial charge in [-0.2, -0.15) is 5.10 Å². The standard InChI is InChI=1S/C15H11BrFN3/c16-10-5-7-11(8-6-10)20-15(18)9-14(19-20)12-3-1-2-4-13(12)17/h1-9H,18H2. The number of anilines is 1. The number of nitrogens with two attached hydrogens (primary N) is 1. The number of halogens is 2. The minimum Gasteiger partial charge on any atom is -0.384 e. The molecule has 0 radical (unpaired) electrons. The molecule has 0 fully saturated rings. The van der Waals surface area contributed by atoms with Crippen molar-refractivity contribution >= 4 is 21.7 Å². The van der Waals surface area contributed by atoms with Crippen molar-refractivity contribution < 1.29 is 4.39 Å². The molecule has 0 atom stereocenters. The van der Waals surface area contributed by atoms with E-state index in [9.17, 15) is 4.39 Å². The van der Waals surface area contributed by atoms with Crippen LogP contribution in [0.4, 0.5) is 10.2 Å². The number of hydrogen-bond donors (Lipinski definition) is 1. The minimum atomic E-state index is -0.312. The van der Waals surface area contributed by atoms with E-state index in [-0.39, 0.29) is 5.82 Å². The lowest BCUT2D eigenvalue weighted by Gasteiger charge is -2.03. The predicted octanol–water partition coefficient (Wildman–Crippen LogP) is 4.02. The van der Waals surface area contributed by atoms with E-state index < -0.39 is 0 Å². The van der Waals surface area contributed by atoms with E-state index in [0.717, 1.165) is 10.2 Å². The number of aromatic nitrogens is 2. The van der Waals surface area contributed by atoms with Crippen molar-refractivity contribution in [3.8, 4) is 16.9 Å². The zero-order valence-corrected chi connectivity index (χ0v) is 12.0. The molecular formula is C15H11BrFN3. The largest absolute Gasteiger partial charge is 0.384 e. The van der Waals surface area contributed by atoms with Crippen LogP contribution < -0.4 is 5.73 Å². The quantitative estimate of drug-likeness (QED) is 0.770. The Bertz CT molecular complexity index is 750. The first-order valence-electron chi connectivity index (χ1n) is 6.01. The predicted molar refractivity (Wildman–Crippen MR) is 81.1 cm³/mol. The Labute approximate surface area is 124 Å². The average molecular weight is 332 g/mol. The molecule has 2 aromatic carbocycles. The third-order valence-electron chi connectivity index (χ3n) is 2.96. The van der Waals surface area contributed by atoms with E-state index in [1.807, 2.05) is 24.3 Å². The minimum absolute atomic E-state index is 0.312. The van der Waals surface area contributed by atoms with Crippen molar-refractivity contribution in [3.05, 3.63) is 64.9 Å². The first-order valence-corrected chi connectivity index (χ1v) is 6.81. The van der Waals surface area contributed by atoms with Gasteiger partial charge < -0.3 is 5.73 Å². The highest BCUT2D eigenvalue weighted by Crippen LogP contribution is 2.25. The second kappa shape index (κ2) is 5.09. The summed E-state index contributed by atoms with van der Waals surface area (Å²) in [7, 11) is 0. The van der Waals surface area contributed by atoms with Crippen LogP contribution in [0.1, 0.15) is 0 Å². The molecule has 0 aliphatic heterocycles. The molecule has 0 bridgehead atoms. The molecule has 2 N–H and O–H groups in total. The summed E-state index contributed by atoms with van der Waals surface area (Å²) >= 11 is 3.38. The van der Waals surface area contributed by atoms with Crippen LogP contribution in [0.3, 0.4) is 0 Å². The van der Waals surface area contributed by atoms with Gasteiger partial charge in [-0.25, -0.2) is 9.07 Å². The summed E-state index contributed by atoms with van der Waals surface area (Å²) in [6.07, 6.45) is 0. The normalized spacial score (nSPS) is 10.7. The van der Waals surface area contributed by atoms with Gasteiger partial charge >= 0.3 is 0 Å². The molecule has 0 unspecified atom stereocenters. The van der Waals surface area contributed by atoms with Gasteiger partial charge in [0.15, 0.2) is 0 Å². The van der Waals surface area contributed by atoms with Crippen LogP contribution in [0.25, 0.3) is 16.9 Å². The van der Waals surface area contributed by atoms with Crippen LogP contribution in [0.5, 0.6) is 0 Å². The van der Waals surface area contributed by atoms with Crippen molar-refractivity contribution in [1.82, 2.24) is 9.78 Å². The summed E-state index contributed by atoms with van der Waals surface area (Å²) in [6.45, 7) is 0. The number of nitrogens with zero attached hydrogens (tertiary/aromatic N) is 2. The molecule has 0 amide bonds. The van der Waals surface area contributed by atoms with Crippen LogP contribution in [-0.4, -0.2) is 9.78 Å². The second-order valence-electron chi connectivity index (χ2n) is 4.32. The number of hydrogen-bond acceptors (Lipinski definition) is 2. The molecule has 0 saturated carbocycles. The number of benzene rings is 2. The van der Waals surface area contributed by atoms with Crippen molar-refractivity contribution in [1.29, 1.82) is 0 Å². The molecule has 1 aromatic heterocycles. The summed E-state index contributed by atoms with van der Waals surface area (Å²) in [6, 6.07) is 15.8. The Morgan fingerprint density at radius 2 is 1.75 bits per heavy atom. The molecule has 3 rings (SSSR count). The van der Waals surface area contributed by atoms with Crippen molar-refractivity contribution in [3.63, 3.8) is 0 Å². The molecule has 5 heteroatoms. The van der Waals surface area contributed by atoms with E-state index in [0.29, 0.717) is 17.1 Å². The molecular weight excluding hydrogens is 321 g/mol. The Kier molecular flexibility index (Phi) is 3.28. The van der Waals surface area contributed by atoms with Crippen molar-refractivity contribution in [2.24, 2.45) is 0 Å². The highest BCUT2D eigenvalue weighted by Gasteiger charge is 2.11. The van der Waals surface area contributed by atoms with Crippen LogP contribution in [0.2, 0.25) is 0 Å². The summed E-state index contributed by atoms with van der Waals surface area (Å²) < 4.78 is 16.3. The van der Waals surface area contributed by atoms with Gasteiger partial charge in [0.2, 0.25) is 0 Å². The van der Waals surface area contributed by atoms with Gasteiger partial charge in [-0.15, -0.1) is 0 Å². The van der Waals surface area contributed by atoms with Crippen LogP contribution in [-0.2, 0) is 0 Å². The lowest BCUT2D eigenvalue weighted by molar-refractivity contribution is 0.630. The van der Waals surface area contributed by atoms with Gasteiger partial charge in [0.1, 0.15) is 11.6 Å². The molecule has 0 saturated heterocycles. The third kappa shape index (κ3) is 2.32. The molecule has 0 aliphatic carbocycles. The summed E-state index contributed by atoms with van der Waals surface area (Å²) in [5.41, 5.74) is 7.75. The average Bonchev–Trinajstić information content (AvgIpc) is 2.82. The van der Waals surface area contributed by atoms with E-state index >= 15 is 0 Å². The molecule has 20 heavy (non-hydrogen) atoms. The Hall–Kier alpha value is -2.14. The summed E-state index contributed by atoms with van der Waals surface area (Å²) in [4.78, 5) is 0. The van der Waals surface area contributed by atoms with Crippen molar-refractivity contribution in [2.45, 2.75) is 0 Å². The van der Waals surface area contributed by atoms with Crippen LogP contribution in [0, 0.1) is 5.82 Å². The highest BCUT2D eigenvalue weighted by atomic mass is 79.9. The van der Waals surface area contributed by atoms with Crippen LogP contribution >= 0.6 is 15.9 Å². The zero-order valence-electron chi connectivity index (χ0n) is 10.4. The second-order valence-corrected chi connectivity index (χ2v) is 5.24. The van der Waals surface area contributed by atoms with Gasteiger partial charge in [-0.1, -0.05) is 28.1 Å². The Morgan fingerprint density at radius 1 is 1.05 bits per heavy atom. The summed E-state index contributed by atoms with van der Waals surface area (Å²) in [5.74, 6) is 0.151. The van der Waals surface area contributed by atoms with Crippen molar-refractivity contribution in [2.75, 3.05) is 5.73 Å². The monoisotopic (exact) mass is 331 g/mol. The topological polar surface area (TPSA) is 43.8 Å². The maximum atomic E-state index is 13.8. The van der Waals surface area contributed by atoms with E-state index in [1.165, 1.54) is 6.07 Å². The van der Waals surface area contributed by atoms with E-state index in [1.54, 1.807) is 28.9 Å². The fourth-order valence-corrected chi connectivity index (χ4v) is 2.25. The molecule has 3 aromatic rings. The molecule has 3 nitrogen and oxygen atoms in total. The maximum absolute atomic E-state index is 13.8. The molecule has 100 valence electrons. The van der Waals surface area contributed by atoms with Gasteiger partial charge in [0.05, 0.1) is 11.4 Å².